The molecule has 0 aromatic rings. The third kappa shape index (κ3) is 4.77. The zero-order valence-corrected chi connectivity index (χ0v) is 12.3. The van der Waals surface area contributed by atoms with Gasteiger partial charge in [0.15, 0.2) is 0 Å². The minimum atomic E-state index is 0.135. The molecule has 0 radical (unpaired) electrons. The van der Waals surface area contributed by atoms with Crippen molar-refractivity contribution in [2.45, 2.75) is 51.5 Å². The van der Waals surface area contributed by atoms with Crippen LogP contribution in [0.2, 0.25) is 0 Å². The van der Waals surface area contributed by atoms with Gasteiger partial charge < -0.3 is 15.5 Å². The van der Waals surface area contributed by atoms with Gasteiger partial charge in [-0.1, -0.05) is 6.42 Å². The molecule has 2 fully saturated rings. The molecule has 2 aliphatic heterocycles. The number of amides is 1. The van der Waals surface area contributed by atoms with E-state index in [2.05, 4.69) is 9.80 Å². The monoisotopic (exact) mass is 267 g/mol. The highest BCUT2D eigenvalue weighted by Gasteiger charge is 2.27. The van der Waals surface area contributed by atoms with Crippen molar-refractivity contribution in [3.8, 4) is 0 Å². The molecule has 2 unspecified atom stereocenters. The van der Waals surface area contributed by atoms with E-state index in [4.69, 9.17) is 5.73 Å². The Hall–Kier alpha value is -0.610. The highest BCUT2D eigenvalue weighted by molar-refractivity contribution is 5.76. The van der Waals surface area contributed by atoms with Crippen molar-refractivity contribution in [2.75, 3.05) is 32.7 Å². The van der Waals surface area contributed by atoms with Crippen LogP contribution in [-0.4, -0.2) is 54.5 Å². The number of rotatable bonds is 5. The third-order valence-corrected chi connectivity index (χ3v) is 4.42. The van der Waals surface area contributed by atoms with Gasteiger partial charge in [-0.15, -0.1) is 0 Å². The average Bonchev–Trinajstić information content (AvgIpc) is 2.85. The summed E-state index contributed by atoms with van der Waals surface area (Å²) in [6.07, 6.45) is 6.71. The van der Waals surface area contributed by atoms with Gasteiger partial charge in [-0.05, 0) is 51.6 Å². The van der Waals surface area contributed by atoms with Gasteiger partial charge in [0.2, 0.25) is 5.91 Å². The van der Waals surface area contributed by atoms with Crippen LogP contribution in [0, 0.1) is 5.92 Å². The lowest BCUT2D eigenvalue weighted by molar-refractivity contribution is -0.130. The highest BCUT2D eigenvalue weighted by atomic mass is 16.2. The topological polar surface area (TPSA) is 49.6 Å². The molecule has 2 rings (SSSR count). The van der Waals surface area contributed by atoms with Crippen molar-refractivity contribution in [2.24, 2.45) is 11.7 Å². The molecule has 0 bridgehead atoms. The van der Waals surface area contributed by atoms with E-state index >= 15 is 0 Å². The Morgan fingerprint density at radius 1 is 1.26 bits per heavy atom. The van der Waals surface area contributed by atoms with E-state index in [1.807, 2.05) is 6.92 Å². The molecule has 0 spiro atoms. The lowest BCUT2D eigenvalue weighted by Crippen LogP contribution is -2.36. The van der Waals surface area contributed by atoms with Crippen molar-refractivity contribution in [1.82, 2.24) is 9.80 Å². The van der Waals surface area contributed by atoms with Gasteiger partial charge in [0.25, 0.3) is 0 Å². The summed E-state index contributed by atoms with van der Waals surface area (Å²) in [6.45, 7) is 7.60. The van der Waals surface area contributed by atoms with Gasteiger partial charge in [0, 0.05) is 32.1 Å². The maximum absolute atomic E-state index is 12.0. The smallest absolute Gasteiger partial charge is 0.222 e. The second-order valence-electron chi connectivity index (χ2n) is 6.37. The van der Waals surface area contributed by atoms with Gasteiger partial charge in [-0.2, -0.15) is 0 Å². The van der Waals surface area contributed by atoms with Crippen LogP contribution >= 0.6 is 0 Å². The molecule has 0 saturated carbocycles. The Kier molecular flexibility index (Phi) is 5.64. The number of nitrogens with two attached hydrogens (primary N) is 1. The van der Waals surface area contributed by atoms with Gasteiger partial charge in [-0.3, -0.25) is 4.79 Å². The number of hydrogen-bond donors (Lipinski definition) is 1. The minimum Gasteiger partial charge on any atom is -0.342 e. The summed E-state index contributed by atoms with van der Waals surface area (Å²) >= 11 is 0. The van der Waals surface area contributed by atoms with Crippen LogP contribution in [0.5, 0.6) is 0 Å². The van der Waals surface area contributed by atoms with Crippen LogP contribution in [0.1, 0.15) is 45.4 Å². The molecule has 1 amide bonds. The Balaban J connectivity index is 1.68. The van der Waals surface area contributed by atoms with Crippen LogP contribution in [0.15, 0.2) is 0 Å². The Morgan fingerprint density at radius 2 is 2.00 bits per heavy atom. The Labute approximate surface area is 117 Å². The molecule has 19 heavy (non-hydrogen) atoms. The maximum atomic E-state index is 12.0. The molecule has 0 aromatic carbocycles. The fourth-order valence-corrected chi connectivity index (χ4v) is 3.22. The first-order chi connectivity index (χ1) is 9.15. The zero-order valence-electron chi connectivity index (χ0n) is 12.3. The van der Waals surface area contributed by atoms with E-state index in [9.17, 15) is 4.79 Å². The van der Waals surface area contributed by atoms with Crippen molar-refractivity contribution < 1.29 is 4.79 Å². The number of piperidine rings is 1. The minimum absolute atomic E-state index is 0.135. The highest BCUT2D eigenvalue weighted by Crippen LogP contribution is 2.20. The molecular formula is C15H29N3O. The summed E-state index contributed by atoms with van der Waals surface area (Å²) in [4.78, 5) is 16.7. The number of carbonyl (C=O) groups excluding carboxylic acids is 1. The van der Waals surface area contributed by atoms with E-state index in [-0.39, 0.29) is 6.04 Å². The molecule has 2 heterocycles. The van der Waals surface area contributed by atoms with Gasteiger partial charge in [0.1, 0.15) is 0 Å². The number of hydrogen-bond acceptors (Lipinski definition) is 3. The SMILES string of the molecule is CC(N)CCC(=O)N1CCC(CN2CCCCC2)C1. The molecular weight excluding hydrogens is 238 g/mol. The number of carbonyl (C=O) groups is 1. The lowest BCUT2D eigenvalue weighted by Gasteiger charge is -2.29. The summed E-state index contributed by atoms with van der Waals surface area (Å²) < 4.78 is 0. The van der Waals surface area contributed by atoms with Crippen molar-refractivity contribution >= 4 is 5.91 Å². The fraction of sp³-hybridized carbons (Fsp3) is 0.933. The van der Waals surface area contributed by atoms with E-state index in [1.165, 1.54) is 45.3 Å². The predicted molar refractivity (Wildman–Crippen MR) is 77.9 cm³/mol. The summed E-state index contributed by atoms with van der Waals surface area (Å²) in [5.41, 5.74) is 5.71. The first kappa shape index (κ1) is 14.8. The van der Waals surface area contributed by atoms with Gasteiger partial charge in [0.05, 0.1) is 0 Å². The predicted octanol–water partition coefficient (Wildman–Crippen LogP) is 1.45. The number of nitrogens with zero attached hydrogens (tertiary/aromatic N) is 2. The van der Waals surface area contributed by atoms with Crippen LogP contribution < -0.4 is 5.73 Å². The van der Waals surface area contributed by atoms with Crippen LogP contribution in [0.25, 0.3) is 0 Å². The fourth-order valence-electron chi connectivity index (χ4n) is 3.22. The normalized spacial score (nSPS) is 26.6. The van der Waals surface area contributed by atoms with Crippen molar-refractivity contribution in [3.63, 3.8) is 0 Å². The van der Waals surface area contributed by atoms with E-state index in [1.54, 1.807) is 0 Å². The standard InChI is InChI=1S/C15H29N3O/c1-13(16)5-6-15(19)18-10-7-14(12-18)11-17-8-3-2-4-9-17/h13-14H,2-12,16H2,1H3. The number of likely N-dealkylation sites (tertiary alicyclic amines) is 2. The van der Waals surface area contributed by atoms with E-state index in [0.29, 0.717) is 18.2 Å². The molecule has 2 N–H and O–H groups in total. The van der Waals surface area contributed by atoms with Crippen LogP contribution in [-0.2, 0) is 4.79 Å². The first-order valence-corrected chi connectivity index (χ1v) is 7.91. The Morgan fingerprint density at radius 3 is 2.68 bits per heavy atom. The molecule has 0 aromatic heterocycles. The molecule has 2 atom stereocenters. The van der Waals surface area contributed by atoms with Crippen LogP contribution in [0.4, 0.5) is 0 Å². The lowest BCUT2D eigenvalue weighted by atomic mass is 10.1. The molecule has 4 heteroatoms. The summed E-state index contributed by atoms with van der Waals surface area (Å²) in [7, 11) is 0. The summed E-state index contributed by atoms with van der Waals surface area (Å²) in [5, 5.41) is 0. The van der Waals surface area contributed by atoms with Crippen LogP contribution in [0.3, 0.4) is 0 Å². The van der Waals surface area contributed by atoms with Gasteiger partial charge in [-0.25, -0.2) is 0 Å². The zero-order chi connectivity index (χ0) is 13.7. The van der Waals surface area contributed by atoms with Crippen molar-refractivity contribution in [3.05, 3.63) is 0 Å². The molecule has 2 aliphatic rings. The summed E-state index contributed by atoms with van der Waals surface area (Å²) in [6, 6.07) is 0.135. The third-order valence-electron chi connectivity index (χ3n) is 4.42. The molecule has 2 saturated heterocycles. The molecule has 110 valence electrons. The van der Waals surface area contributed by atoms with Crippen molar-refractivity contribution in [1.29, 1.82) is 0 Å². The average molecular weight is 267 g/mol. The summed E-state index contributed by atoms with van der Waals surface area (Å²) in [5.74, 6) is 0.996. The molecule has 0 aliphatic carbocycles. The maximum Gasteiger partial charge on any atom is 0.222 e. The van der Waals surface area contributed by atoms with E-state index in [0.717, 1.165) is 19.5 Å². The van der Waals surface area contributed by atoms with Gasteiger partial charge >= 0.3 is 0 Å². The Bertz CT molecular complexity index is 287. The quantitative estimate of drug-likeness (QED) is 0.820. The second kappa shape index (κ2) is 7.25. The van der Waals surface area contributed by atoms with E-state index < -0.39 is 0 Å². The second-order valence-corrected chi connectivity index (χ2v) is 6.37. The largest absolute Gasteiger partial charge is 0.342 e. The first-order valence-electron chi connectivity index (χ1n) is 7.91. The molecule has 4 nitrogen and oxygen atoms in total.